The SMILES string of the molecule is CCCCc1ccc(C2C(C#N)=C(N)N(c3ccccc3F)C3=C2C(=O)CCC3)s1. The van der Waals surface area contributed by atoms with Gasteiger partial charge in [0.2, 0.25) is 0 Å². The van der Waals surface area contributed by atoms with Crippen molar-refractivity contribution in [3.8, 4) is 6.07 Å². The van der Waals surface area contributed by atoms with E-state index < -0.39 is 11.7 Å². The van der Waals surface area contributed by atoms with Crippen molar-refractivity contribution in [3.63, 3.8) is 0 Å². The first-order valence-corrected chi connectivity index (χ1v) is 11.2. The third-order valence-corrected chi connectivity index (χ3v) is 6.96. The molecule has 4 rings (SSSR count). The molecule has 6 heteroatoms. The Kier molecular flexibility index (Phi) is 5.74. The van der Waals surface area contributed by atoms with Gasteiger partial charge in [-0.1, -0.05) is 25.5 Å². The summed E-state index contributed by atoms with van der Waals surface area (Å²) < 4.78 is 14.7. The molecule has 1 aliphatic heterocycles. The number of thiophene rings is 1. The molecule has 0 radical (unpaired) electrons. The zero-order chi connectivity index (χ0) is 21.3. The molecule has 0 fully saturated rings. The first-order chi connectivity index (χ1) is 14.6. The molecule has 1 aromatic heterocycles. The number of anilines is 1. The lowest BCUT2D eigenvalue weighted by Crippen LogP contribution is -2.39. The molecule has 1 aromatic carbocycles. The van der Waals surface area contributed by atoms with Crippen molar-refractivity contribution in [2.45, 2.75) is 51.4 Å². The number of ketones is 1. The fourth-order valence-electron chi connectivity index (χ4n) is 4.31. The van der Waals surface area contributed by atoms with Gasteiger partial charge in [0.25, 0.3) is 0 Å². The summed E-state index contributed by atoms with van der Waals surface area (Å²) in [6, 6.07) is 12.7. The fraction of sp³-hybridized carbons (Fsp3) is 0.333. The monoisotopic (exact) mass is 421 g/mol. The number of hydrogen-bond donors (Lipinski definition) is 1. The first kappa shape index (κ1) is 20.4. The van der Waals surface area contributed by atoms with Crippen LogP contribution in [0.2, 0.25) is 0 Å². The maximum Gasteiger partial charge on any atom is 0.161 e. The standard InChI is InChI=1S/C24H24FN3OS/c1-2-3-7-15-12-13-21(30-15)22-16(14-26)24(27)28(18-9-5-4-8-17(18)25)19-10-6-11-20(29)23(19)22/h4-5,8-9,12-13,22H,2-3,6-7,10-11,27H2,1H3. The number of aryl methyl sites for hydroxylation is 1. The Labute approximate surface area is 180 Å². The van der Waals surface area contributed by atoms with Crippen molar-refractivity contribution < 1.29 is 9.18 Å². The molecule has 0 saturated carbocycles. The topological polar surface area (TPSA) is 70.1 Å². The van der Waals surface area contributed by atoms with E-state index in [0.29, 0.717) is 30.4 Å². The van der Waals surface area contributed by atoms with Crippen molar-refractivity contribution in [3.05, 3.63) is 74.6 Å². The summed E-state index contributed by atoms with van der Waals surface area (Å²) in [6.07, 6.45) is 4.94. The number of halogens is 1. The molecule has 2 heterocycles. The zero-order valence-corrected chi connectivity index (χ0v) is 17.8. The Morgan fingerprint density at radius 3 is 2.80 bits per heavy atom. The number of nitrogens with zero attached hydrogens (tertiary/aromatic N) is 2. The molecule has 0 bridgehead atoms. The van der Waals surface area contributed by atoms with Crippen LogP contribution in [-0.2, 0) is 11.2 Å². The first-order valence-electron chi connectivity index (χ1n) is 10.4. The van der Waals surface area contributed by atoms with Crippen molar-refractivity contribution in [1.82, 2.24) is 0 Å². The number of rotatable bonds is 5. The van der Waals surface area contributed by atoms with Gasteiger partial charge in [-0.2, -0.15) is 5.26 Å². The molecule has 154 valence electrons. The van der Waals surface area contributed by atoms with Gasteiger partial charge in [-0.3, -0.25) is 9.69 Å². The molecule has 0 amide bonds. The van der Waals surface area contributed by atoms with E-state index in [0.717, 1.165) is 29.8 Å². The summed E-state index contributed by atoms with van der Waals surface area (Å²) in [5.74, 6) is -0.670. The Hall–Kier alpha value is -2.91. The van der Waals surface area contributed by atoms with Gasteiger partial charge in [-0.15, -0.1) is 11.3 Å². The lowest BCUT2D eigenvalue weighted by molar-refractivity contribution is -0.116. The Morgan fingerprint density at radius 1 is 1.27 bits per heavy atom. The van der Waals surface area contributed by atoms with E-state index in [4.69, 9.17) is 5.73 Å². The number of nitrogens with two attached hydrogens (primary N) is 1. The minimum absolute atomic E-state index is 0.0198. The number of Topliss-reactive ketones (excluding diaryl/α,β-unsaturated/α-hetero) is 1. The number of unbranched alkanes of at least 4 members (excludes halogenated alkanes) is 1. The lowest BCUT2D eigenvalue weighted by atomic mass is 9.78. The average molecular weight is 422 g/mol. The highest BCUT2D eigenvalue weighted by atomic mass is 32.1. The van der Waals surface area contributed by atoms with Gasteiger partial charge < -0.3 is 5.73 Å². The highest BCUT2D eigenvalue weighted by Crippen LogP contribution is 2.48. The molecule has 4 nitrogen and oxygen atoms in total. The quantitative estimate of drug-likeness (QED) is 0.689. The molecule has 0 spiro atoms. The van der Waals surface area contributed by atoms with Gasteiger partial charge in [0, 0.05) is 27.4 Å². The predicted molar refractivity (Wildman–Crippen MR) is 117 cm³/mol. The number of hydrogen-bond acceptors (Lipinski definition) is 5. The Bertz CT molecular complexity index is 1090. The smallest absolute Gasteiger partial charge is 0.161 e. The van der Waals surface area contributed by atoms with Crippen LogP contribution in [-0.4, -0.2) is 5.78 Å². The fourth-order valence-corrected chi connectivity index (χ4v) is 5.49. The maximum atomic E-state index is 14.7. The molecule has 2 aromatic rings. The van der Waals surface area contributed by atoms with Gasteiger partial charge in [-0.05, 0) is 49.9 Å². The van der Waals surface area contributed by atoms with Crippen molar-refractivity contribution in [2.24, 2.45) is 5.73 Å². The van der Waals surface area contributed by atoms with Crippen LogP contribution in [0, 0.1) is 17.1 Å². The van der Waals surface area contributed by atoms with Gasteiger partial charge in [0.15, 0.2) is 5.78 Å². The summed E-state index contributed by atoms with van der Waals surface area (Å²) in [5, 5.41) is 10.0. The molecule has 0 saturated heterocycles. The molecule has 30 heavy (non-hydrogen) atoms. The predicted octanol–water partition coefficient (Wildman–Crippen LogP) is 5.53. The van der Waals surface area contributed by atoms with E-state index in [1.165, 1.54) is 10.9 Å². The van der Waals surface area contributed by atoms with Gasteiger partial charge >= 0.3 is 0 Å². The lowest BCUT2D eigenvalue weighted by Gasteiger charge is -2.39. The number of carbonyl (C=O) groups is 1. The van der Waals surface area contributed by atoms with Gasteiger partial charge in [-0.25, -0.2) is 4.39 Å². The van der Waals surface area contributed by atoms with E-state index in [9.17, 15) is 14.4 Å². The molecule has 1 atom stereocenters. The van der Waals surface area contributed by atoms with E-state index in [2.05, 4.69) is 19.1 Å². The second-order valence-electron chi connectivity index (χ2n) is 7.68. The molecule has 2 N–H and O–H groups in total. The van der Waals surface area contributed by atoms with Crippen LogP contribution >= 0.6 is 11.3 Å². The Morgan fingerprint density at radius 2 is 2.07 bits per heavy atom. The number of benzene rings is 1. The highest BCUT2D eigenvalue weighted by molar-refractivity contribution is 7.12. The summed E-state index contributed by atoms with van der Waals surface area (Å²) in [7, 11) is 0. The van der Waals surface area contributed by atoms with Crippen LogP contribution in [0.25, 0.3) is 0 Å². The van der Waals surface area contributed by atoms with Crippen molar-refractivity contribution >= 4 is 22.8 Å². The average Bonchev–Trinajstić information content (AvgIpc) is 3.21. The molecular weight excluding hydrogens is 397 g/mol. The van der Waals surface area contributed by atoms with E-state index in [1.807, 2.05) is 6.07 Å². The number of allylic oxidation sites excluding steroid dienone is 3. The maximum absolute atomic E-state index is 14.7. The summed E-state index contributed by atoms with van der Waals surface area (Å²) in [6.45, 7) is 2.15. The number of carbonyl (C=O) groups excluding carboxylic acids is 1. The van der Waals surface area contributed by atoms with Crippen LogP contribution in [0.5, 0.6) is 0 Å². The molecule has 1 aliphatic carbocycles. The van der Waals surface area contributed by atoms with Gasteiger partial charge in [0.05, 0.1) is 23.2 Å². The summed E-state index contributed by atoms with van der Waals surface area (Å²) in [5.41, 5.74) is 8.39. The zero-order valence-electron chi connectivity index (χ0n) is 17.0. The highest BCUT2D eigenvalue weighted by Gasteiger charge is 2.41. The van der Waals surface area contributed by atoms with E-state index in [1.54, 1.807) is 34.4 Å². The number of para-hydroxylation sites is 1. The summed E-state index contributed by atoms with van der Waals surface area (Å²) >= 11 is 1.64. The summed E-state index contributed by atoms with van der Waals surface area (Å²) in [4.78, 5) is 16.9. The van der Waals surface area contributed by atoms with Gasteiger partial charge in [0.1, 0.15) is 11.6 Å². The second kappa shape index (κ2) is 8.45. The van der Waals surface area contributed by atoms with Crippen LogP contribution < -0.4 is 10.6 Å². The Balaban J connectivity index is 1.88. The normalized spacial score (nSPS) is 19.2. The van der Waals surface area contributed by atoms with Crippen LogP contribution in [0.3, 0.4) is 0 Å². The van der Waals surface area contributed by atoms with E-state index >= 15 is 0 Å². The number of nitriles is 1. The molecule has 1 unspecified atom stereocenters. The molecular formula is C24H24FN3OS. The van der Waals surface area contributed by atoms with Crippen LogP contribution in [0.1, 0.15) is 54.7 Å². The van der Waals surface area contributed by atoms with Crippen LogP contribution in [0.4, 0.5) is 10.1 Å². The third-order valence-electron chi connectivity index (χ3n) is 5.75. The molecule has 2 aliphatic rings. The van der Waals surface area contributed by atoms with Crippen LogP contribution in [0.15, 0.2) is 59.1 Å². The second-order valence-corrected chi connectivity index (χ2v) is 8.88. The van der Waals surface area contributed by atoms with E-state index in [-0.39, 0.29) is 17.3 Å². The minimum atomic E-state index is -0.471. The van der Waals surface area contributed by atoms with Crippen molar-refractivity contribution in [2.75, 3.05) is 4.90 Å². The largest absolute Gasteiger partial charge is 0.384 e. The minimum Gasteiger partial charge on any atom is -0.384 e. The third kappa shape index (κ3) is 3.44. The van der Waals surface area contributed by atoms with Crippen molar-refractivity contribution in [1.29, 1.82) is 5.26 Å².